The van der Waals surface area contributed by atoms with E-state index in [9.17, 15) is 4.79 Å². The summed E-state index contributed by atoms with van der Waals surface area (Å²) in [5.41, 5.74) is 7.36. The molecule has 0 saturated carbocycles. The van der Waals surface area contributed by atoms with Crippen molar-refractivity contribution >= 4 is 16.6 Å². The maximum Gasteiger partial charge on any atom is 0.253 e. The molecule has 200 valence electrons. The van der Waals surface area contributed by atoms with Crippen LogP contribution in [-0.4, -0.2) is 56.3 Å². The summed E-state index contributed by atoms with van der Waals surface area (Å²) < 4.78 is 1.92. The number of H-pyrrole nitrogens is 1. The lowest BCUT2D eigenvalue weighted by Gasteiger charge is -2.41. The number of fused-ring (bicyclic) bond motifs is 1. The lowest BCUT2D eigenvalue weighted by atomic mass is 9.97. The summed E-state index contributed by atoms with van der Waals surface area (Å²) in [6, 6.07) is 12.4. The summed E-state index contributed by atoms with van der Waals surface area (Å²) in [5.74, 6) is 0.714. The molecule has 0 spiro atoms. The van der Waals surface area contributed by atoms with Crippen molar-refractivity contribution in [2.24, 2.45) is 0 Å². The van der Waals surface area contributed by atoms with Crippen molar-refractivity contribution in [3.8, 4) is 0 Å². The predicted octanol–water partition coefficient (Wildman–Crippen LogP) is 4.80. The molecule has 1 atom stereocenters. The zero-order chi connectivity index (χ0) is 27.2. The first-order valence-electron chi connectivity index (χ1n) is 13.6. The SMILES string of the molecule is CCC(C)(C)n1nnnc1[C@H](c1cc2c(C)cc(C)cc2[nH]c1=O)N1CCN(c2cccc(C)c2C)CC1. The Balaban J connectivity index is 1.59. The van der Waals surface area contributed by atoms with Gasteiger partial charge in [-0.1, -0.05) is 25.1 Å². The number of rotatable bonds is 6. The number of aromatic nitrogens is 5. The second-order valence-electron chi connectivity index (χ2n) is 11.4. The molecule has 8 heteroatoms. The molecule has 2 aromatic heterocycles. The van der Waals surface area contributed by atoms with Crippen LogP contribution in [0.2, 0.25) is 0 Å². The fourth-order valence-electron chi connectivity index (χ4n) is 5.64. The third-order valence-corrected chi connectivity index (χ3v) is 8.41. The fourth-order valence-corrected chi connectivity index (χ4v) is 5.64. The van der Waals surface area contributed by atoms with E-state index < -0.39 is 0 Å². The first-order valence-corrected chi connectivity index (χ1v) is 13.6. The fraction of sp³-hybridized carbons (Fsp3) is 0.467. The molecular weight excluding hydrogens is 474 g/mol. The van der Waals surface area contributed by atoms with Crippen molar-refractivity contribution in [1.82, 2.24) is 30.1 Å². The molecule has 1 fully saturated rings. The Morgan fingerprint density at radius 3 is 2.45 bits per heavy atom. The number of hydrogen-bond acceptors (Lipinski definition) is 6. The molecule has 1 saturated heterocycles. The van der Waals surface area contributed by atoms with Crippen LogP contribution in [0.25, 0.3) is 10.9 Å². The highest BCUT2D eigenvalue weighted by atomic mass is 16.1. The van der Waals surface area contributed by atoms with Gasteiger partial charge >= 0.3 is 0 Å². The van der Waals surface area contributed by atoms with Crippen LogP contribution in [0.3, 0.4) is 0 Å². The molecule has 0 unspecified atom stereocenters. The monoisotopic (exact) mass is 513 g/mol. The van der Waals surface area contributed by atoms with Crippen LogP contribution in [0.5, 0.6) is 0 Å². The minimum absolute atomic E-state index is 0.0895. The second-order valence-corrected chi connectivity index (χ2v) is 11.4. The van der Waals surface area contributed by atoms with Crippen LogP contribution >= 0.6 is 0 Å². The van der Waals surface area contributed by atoms with E-state index in [1.807, 2.05) is 10.7 Å². The number of pyridine rings is 1. The third kappa shape index (κ3) is 4.62. The van der Waals surface area contributed by atoms with Gasteiger partial charge in [-0.3, -0.25) is 9.69 Å². The Hall–Kier alpha value is -3.52. The largest absolute Gasteiger partial charge is 0.369 e. The summed E-state index contributed by atoms with van der Waals surface area (Å²) >= 11 is 0. The van der Waals surface area contributed by atoms with Gasteiger partial charge in [0.1, 0.15) is 6.04 Å². The summed E-state index contributed by atoms with van der Waals surface area (Å²) in [5, 5.41) is 14.1. The van der Waals surface area contributed by atoms with Gasteiger partial charge in [-0.05, 0) is 98.8 Å². The maximum absolute atomic E-state index is 13.7. The molecule has 0 radical (unpaired) electrons. The zero-order valence-electron chi connectivity index (χ0n) is 23.7. The predicted molar refractivity (Wildman–Crippen MR) is 153 cm³/mol. The van der Waals surface area contributed by atoms with Crippen LogP contribution in [0.15, 0.2) is 41.2 Å². The average molecular weight is 514 g/mol. The third-order valence-electron chi connectivity index (χ3n) is 8.41. The molecule has 3 heterocycles. The molecule has 1 aliphatic rings. The highest BCUT2D eigenvalue weighted by Crippen LogP contribution is 2.33. The number of hydrogen-bond donors (Lipinski definition) is 1. The van der Waals surface area contributed by atoms with E-state index >= 15 is 0 Å². The van der Waals surface area contributed by atoms with E-state index in [0.717, 1.165) is 54.6 Å². The zero-order valence-corrected chi connectivity index (χ0v) is 23.7. The van der Waals surface area contributed by atoms with Crippen LogP contribution in [0, 0.1) is 27.7 Å². The number of nitrogens with zero attached hydrogens (tertiary/aromatic N) is 6. The molecular formula is C30H39N7O. The van der Waals surface area contributed by atoms with Crippen molar-refractivity contribution in [3.05, 3.63) is 80.4 Å². The van der Waals surface area contributed by atoms with Gasteiger partial charge in [0.05, 0.1) is 5.54 Å². The van der Waals surface area contributed by atoms with Gasteiger partial charge < -0.3 is 9.88 Å². The topological polar surface area (TPSA) is 82.9 Å². The molecule has 5 rings (SSSR count). The van der Waals surface area contributed by atoms with Gasteiger partial charge in [-0.15, -0.1) is 5.10 Å². The summed E-state index contributed by atoms with van der Waals surface area (Å²) in [6.07, 6.45) is 0.866. The van der Waals surface area contributed by atoms with Gasteiger partial charge in [0.25, 0.3) is 5.56 Å². The van der Waals surface area contributed by atoms with Gasteiger partial charge in [0.15, 0.2) is 5.82 Å². The maximum atomic E-state index is 13.7. The lowest BCUT2D eigenvalue weighted by Crippen LogP contribution is -2.49. The molecule has 1 N–H and O–H groups in total. The Morgan fingerprint density at radius 1 is 1.00 bits per heavy atom. The first-order chi connectivity index (χ1) is 18.1. The Kier molecular flexibility index (Phi) is 6.86. The lowest BCUT2D eigenvalue weighted by molar-refractivity contribution is 0.186. The van der Waals surface area contributed by atoms with Crippen molar-refractivity contribution in [2.75, 3.05) is 31.1 Å². The second kappa shape index (κ2) is 9.98. The number of piperazine rings is 1. The molecule has 0 aliphatic carbocycles. The Morgan fingerprint density at radius 2 is 1.74 bits per heavy atom. The van der Waals surface area contributed by atoms with E-state index in [-0.39, 0.29) is 17.1 Å². The van der Waals surface area contributed by atoms with Crippen molar-refractivity contribution < 1.29 is 0 Å². The highest BCUT2D eigenvalue weighted by molar-refractivity contribution is 5.83. The normalized spacial score (nSPS) is 15.8. The Bertz CT molecular complexity index is 1530. The van der Waals surface area contributed by atoms with Gasteiger partial charge in [0, 0.05) is 48.3 Å². The van der Waals surface area contributed by atoms with E-state index in [1.165, 1.54) is 16.8 Å². The molecule has 0 bridgehead atoms. The van der Waals surface area contributed by atoms with Gasteiger partial charge in [0.2, 0.25) is 0 Å². The van der Waals surface area contributed by atoms with E-state index in [2.05, 4.69) is 109 Å². The Labute approximate surface area is 224 Å². The van der Waals surface area contributed by atoms with Crippen LogP contribution in [0.1, 0.15) is 66.9 Å². The number of aromatic amines is 1. The molecule has 0 amide bonds. The smallest absolute Gasteiger partial charge is 0.253 e. The van der Waals surface area contributed by atoms with Crippen LogP contribution in [-0.2, 0) is 5.54 Å². The van der Waals surface area contributed by atoms with E-state index in [4.69, 9.17) is 0 Å². The number of tetrazole rings is 1. The minimum atomic E-state index is -0.356. The summed E-state index contributed by atoms with van der Waals surface area (Å²) in [4.78, 5) is 21.7. The quantitative estimate of drug-likeness (QED) is 0.399. The van der Waals surface area contributed by atoms with Crippen molar-refractivity contribution in [2.45, 2.75) is 66.5 Å². The van der Waals surface area contributed by atoms with Crippen LogP contribution < -0.4 is 10.5 Å². The molecule has 2 aromatic carbocycles. The number of nitrogens with one attached hydrogen (secondary N) is 1. The average Bonchev–Trinajstić information content (AvgIpc) is 3.37. The molecule has 8 nitrogen and oxygen atoms in total. The summed E-state index contributed by atoms with van der Waals surface area (Å²) in [7, 11) is 0. The van der Waals surface area contributed by atoms with E-state index in [0.29, 0.717) is 11.4 Å². The van der Waals surface area contributed by atoms with Crippen molar-refractivity contribution in [3.63, 3.8) is 0 Å². The molecule has 4 aromatic rings. The van der Waals surface area contributed by atoms with Gasteiger partial charge in [-0.25, -0.2) is 4.68 Å². The molecule has 38 heavy (non-hydrogen) atoms. The highest BCUT2D eigenvalue weighted by Gasteiger charge is 2.36. The number of benzene rings is 2. The molecule has 1 aliphatic heterocycles. The summed E-state index contributed by atoms with van der Waals surface area (Å²) in [6.45, 7) is 18.2. The minimum Gasteiger partial charge on any atom is -0.369 e. The van der Waals surface area contributed by atoms with Gasteiger partial charge in [-0.2, -0.15) is 0 Å². The van der Waals surface area contributed by atoms with Crippen molar-refractivity contribution in [1.29, 1.82) is 0 Å². The number of anilines is 1. The van der Waals surface area contributed by atoms with Crippen LogP contribution in [0.4, 0.5) is 5.69 Å². The first kappa shape index (κ1) is 26.1. The standard InChI is InChI=1S/C30H39N7O/c1-8-30(6,7)37-28(32-33-34-37)27(24-18-23-21(4)16-19(2)17-25(23)31-29(24)38)36-14-12-35(13-15-36)26-11-9-10-20(3)22(26)5/h9-11,16-18,27H,8,12-15H2,1-7H3,(H,31,38)/t27-/m0/s1. The number of aryl methyl sites for hydroxylation is 3. The van der Waals surface area contributed by atoms with E-state index in [1.54, 1.807) is 0 Å².